The number of hydrogen-bond acceptors (Lipinski definition) is 4. The number of carbonyl (C=O) groups excluding carboxylic acids is 1. The lowest BCUT2D eigenvalue weighted by Crippen LogP contribution is -2.54. The smallest absolute Gasteiger partial charge is 0.291 e. The molecule has 7 heteroatoms. The van der Waals surface area contributed by atoms with E-state index in [2.05, 4.69) is 10.4 Å². The van der Waals surface area contributed by atoms with Crippen molar-refractivity contribution in [1.29, 1.82) is 0 Å². The largest absolute Gasteiger partial charge is 0.390 e. The predicted octanol–water partition coefficient (Wildman–Crippen LogP) is 1.80. The third kappa shape index (κ3) is 3.12. The minimum Gasteiger partial charge on any atom is -0.390 e. The predicted molar refractivity (Wildman–Crippen MR) is 103 cm³/mol. The minimum atomic E-state index is -0.706. The normalized spacial score (nSPS) is 22.3. The molecule has 2 aromatic heterocycles. The van der Waals surface area contributed by atoms with Gasteiger partial charge in [-0.15, -0.1) is 0 Å². The van der Waals surface area contributed by atoms with Crippen LogP contribution in [0.1, 0.15) is 45.4 Å². The Hall–Kier alpha value is -2.67. The SMILES string of the molecule is CC(C)c1nn(CC(=O)N[C@H]2C[C@@](C)(O)C2)c(=O)c2cc3ccccc3n12. The Morgan fingerprint density at radius 2 is 2.04 bits per heavy atom. The van der Waals surface area contributed by atoms with Crippen LogP contribution in [-0.2, 0) is 11.3 Å². The first-order valence-corrected chi connectivity index (χ1v) is 9.28. The maximum atomic E-state index is 12.9. The third-order valence-electron chi connectivity index (χ3n) is 5.16. The molecule has 2 heterocycles. The lowest BCUT2D eigenvalue weighted by Gasteiger charge is -2.41. The van der Waals surface area contributed by atoms with Crippen molar-refractivity contribution in [3.63, 3.8) is 0 Å². The molecule has 0 atom stereocenters. The Bertz CT molecular complexity index is 1090. The summed E-state index contributed by atoms with van der Waals surface area (Å²) >= 11 is 0. The molecule has 0 radical (unpaired) electrons. The van der Waals surface area contributed by atoms with Gasteiger partial charge in [-0.1, -0.05) is 32.0 Å². The fourth-order valence-corrected chi connectivity index (χ4v) is 3.90. The molecule has 1 aromatic carbocycles. The minimum absolute atomic E-state index is 0.0487. The van der Waals surface area contributed by atoms with Crippen molar-refractivity contribution in [2.24, 2.45) is 0 Å². The van der Waals surface area contributed by atoms with Crippen molar-refractivity contribution >= 4 is 22.3 Å². The Kier molecular flexibility index (Phi) is 4.07. The molecular formula is C20H24N4O3. The average Bonchev–Trinajstić information content (AvgIpc) is 2.95. The van der Waals surface area contributed by atoms with Gasteiger partial charge >= 0.3 is 0 Å². The number of benzene rings is 1. The number of nitrogens with zero attached hydrogens (tertiary/aromatic N) is 3. The van der Waals surface area contributed by atoms with Crippen LogP contribution in [0.4, 0.5) is 0 Å². The van der Waals surface area contributed by atoms with Gasteiger partial charge in [0.05, 0.1) is 11.1 Å². The van der Waals surface area contributed by atoms with E-state index in [1.165, 1.54) is 4.68 Å². The maximum absolute atomic E-state index is 12.9. The number of nitrogens with one attached hydrogen (secondary N) is 1. The molecule has 0 saturated heterocycles. The number of aliphatic hydroxyl groups is 1. The number of para-hydroxylation sites is 1. The first-order chi connectivity index (χ1) is 12.7. The molecule has 0 unspecified atom stereocenters. The monoisotopic (exact) mass is 368 g/mol. The Balaban J connectivity index is 1.71. The van der Waals surface area contributed by atoms with Gasteiger partial charge in [-0.2, -0.15) is 5.10 Å². The second kappa shape index (κ2) is 6.20. The molecule has 1 aliphatic rings. The number of carbonyl (C=O) groups is 1. The standard InChI is InChI=1S/C20H24N4O3/c1-12(2)18-22-23(11-17(25)21-14-9-20(3,27)10-14)19(26)16-8-13-6-4-5-7-15(13)24(16)18/h4-8,12,14,27H,9-11H2,1-3H3,(H,21,25)/t14-,20+. The topological polar surface area (TPSA) is 88.6 Å². The summed E-state index contributed by atoms with van der Waals surface area (Å²) in [4.78, 5) is 25.3. The van der Waals surface area contributed by atoms with Crippen LogP contribution < -0.4 is 10.9 Å². The van der Waals surface area contributed by atoms with E-state index in [0.717, 1.165) is 16.7 Å². The zero-order chi connectivity index (χ0) is 19.3. The van der Waals surface area contributed by atoms with E-state index >= 15 is 0 Å². The van der Waals surface area contributed by atoms with E-state index in [-0.39, 0.29) is 30.0 Å². The Morgan fingerprint density at radius 3 is 2.70 bits per heavy atom. The number of fused-ring (bicyclic) bond motifs is 3. The van der Waals surface area contributed by atoms with Crippen LogP contribution in [0.25, 0.3) is 16.4 Å². The second-order valence-corrected chi connectivity index (χ2v) is 8.07. The molecule has 7 nitrogen and oxygen atoms in total. The van der Waals surface area contributed by atoms with E-state index in [1.807, 2.05) is 48.6 Å². The van der Waals surface area contributed by atoms with Gasteiger partial charge in [-0.05, 0) is 31.9 Å². The lowest BCUT2D eigenvalue weighted by molar-refractivity contribution is -0.125. The molecule has 0 spiro atoms. The molecular weight excluding hydrogens is 344 g/mol. The summed E-state index contributed by atoms with van der Waals surface area (Å²) in [5.74, 6) is 0.561. The molecule has 27 heavy (non-hydrogen) atoms. The van der Waals surface area contributed by atoms with Gasteiger partial charge in [0.25, 0.3) is 5.56 Å². The lowest BCUT2D eigenvalue weighted by atomic mass is 9.77. The van der Waals surface area contributed by atoms with E-state index in [0.29, 0.717) is 18.4 Å². The number of amides is 1. The molecule has 4 rings (SSSR count). The van der Waals surface area contributed by atoms with Crippen molar-refractivity contribution in [2.45, 2.75) is 57.7 Å². The van der Waals surface area contributed by atoms with Gasteiger partial charge in [0.1, 0.15) is 17.9 Å². The first-order valence-electron chi connectivity index (χ1n) is 9.28. The van der Waals surface area contributed by atoms with Gasteiger partial charge < -0.3 is 10.4 Å². The zero-order valence-corrected chi connectivity index (χ0v) is 15.8. The molecule has 1 saturated carbocycles. The van der Waals surface area contributed by atoms with Crippen molar-refractivity contribution in [3.05, 3.63) is 46.5 Å². The Morgan fingerprint density at radius 1 is 1.33 bits per heavy atom. The third-order valence-corrected chi connectivity index (χ3v) is 5.16. The molecule has 3 aromatic rings. The molecule has 0 aliphatic heterocycles. The molecule has 2 N–H and O–H groups in total. The summed E-state index contributed by atoms with van der Waals surface area (Å²) in [6.07, 6.45) is 1.06. The van der Waals surface area contributed by atoms with Crippen LogP contribution in [0.15, 0.2) is 35.1 Å². The summed E-state index contributed by atoms with van der Waals surface area (Å²) < 4.78 is 3.13. The highest BCUT2D eigenvalue weighted by Crippen LogP contribution is 2.31. The number of hydrogen-bond donors (Lipinski definition) is 2. The van der Waals surface area contributed by atoms with Gasteiger partial charge in [0.15, 0.2) is 0 Å². The maximum Gasteiger partial charge on any atom is 0.291 e. The highest BCUT2D eigenvalue weighted by Gasteiger charge is 2.39. The van der Waals surface area contributed by atoms with Crippen LogP contribution >= 0.6 is 0 Å². The van der Waals surface area contributed by atoms with E-state index < -0.39 is 5.60 Å². The van der Waals surface area contributed by atoms with Gasteiger partial charge in [0, 0.05) is 17.3 Å². The summed E-state index contributed by atoms with van der Waals surface area (Å²) in [5, 5.41) is 18.1. The summed E-state index contributed by atoms with van der Waals surface area (Å²) in [5.41, 5.74) is 0.470. The van der Waals surface area contributed by atoms with Crippen LogP contribution in [0.2, 0.25) is 0 Å². The zero-order valence-electron chi connectivity index (χ0n) is 15.8. The average molecular weight is 368 g/mol. The molecule has 0 bridgehead atoms. The van der Waals surface area contributed by atoms with Crippen molar-refractivity contribution in [1.82, 2.24) is 19.5 Å². The van der Waals surface area contributed by atoms with Crippen LogP contribution in [-0.4, -0.2) is 36.8 Å². The van der Waals surface area contributed by atoms with Gasteiger partial charge in [-0.3, -0.25) is 14.0 Å². The van der Waals surface area contributed by atoms with Crippen molar-refractivity contribution in [3.8, 4) is 0 Å². The van der Waals surface area contributed by atoms with E-state index in [1.54, 1.807) is 6.92 Å². The van der Waals surface area contributed by atoms with Crippen LogP contribution in [0.3, 0.4) is 0 Å². The van der Waals surface area contributed by atoms with Crippen molar-refractivity contribution < 1.29 is 9.90 Å². The Labute approximate surface area is 156 Å². The number of rotatable bonds is 4. The highest BCUT2D eigenvalue weighted by atomic mass is 16.3. The van der Waals surface area contributed by atoms with E-state index in [4.69, 9.17) is 0 Å². The second-order valence-electron chi connectivity index (χ2n) is 8.07. The summed E-state index contributed by atoms with van der Waals surface area (Å²) in [6.45, 7) is 5.65. The molecule has 1 aliphatic carbocycles. The van der Waals surface area contributed by atoms with Crippen LogP contribution in [0.5, 0.6) is 0 Å². The summed E-state index contributed by atoms with van der Waals surface area (Å²) in [7, 11) is 0. The molecule has 1 amide bonds. The highest BCUT2D eigenvalue weighted by molar-refractivity contribution is 5.87. The van der Waals surface area contributed by atoms with Crippen LogP contribution in [0, 0.1) is 0 Å². The van der Waals surface area contributed by atoms with Gasteiger partial charge in [-0.25, -0.2) is 4.68 Å². The molecule has 142 valence electrons. The fourth-order valence-electron chi connectivity index (χ4n) is 3.90. The summed E-state index contributed by atoms with van der Waals surface area (Å²) in [6, 6.07) is 9.60. The number of aromatic nitrogens is 3. The van der Waals surface area contributed by atoms with Gasteiger partial charge in [0.2, 0.25) is 5.91 Å². The first kappa shape index (κ1) is 17.7. The molecule has 1 fully saturated rings. The fraction of sp³-hybridized carbons (Fsp3) is 0.450. The van der Waals surface area contributed by atoms with E-state index in [9.17, 15) is 14.7 Å². The van der Waals surface area contributed by atoms with Crippen molar-refractivity contribution in [2.75, 3.05) is 0 Å². The quantitative estimate of drug-likeness (QED) is 0.735.